The van der Waals surface area contributed by atoms with E-state index in [2.05, 4.69) is 22.1 Å². The van der Waals surface area contributed by atoms with E-state index in [0.29, 0.717) is 0 Å². The van der Waals surface area contributed by atoms with Crippen molar-refractivity contribution >= 4 is 11.3 Å². The Hall–Kier alpha value is -0.450. The van der Waals surface area contributed by atoms with Gasteiger partial charge in [0.2, 0.25) is 0 Å². The lowest BCUT2D eigenvalue weighted by Crippen LogP contribution is -2.38. The van der Waals surface area contributed by atoms with Crippen LogP contribution in [0.3, 0.4) is 0 Å². The molecule has 1 aliphatic rings. The molecule has 0 amide bonds. The van der Waals surface area contributed by atoms with Crippen LogP contribution in [-0.4, -0.2) is 36.1 Å². The Balaban J connectivity index is 1.79. The zero-order valence-electron chi connectivity index (χ0n) is 10.9. The molecule has 3 nitrogen and oxygen atoms in total. The zero-order chi connectivity index (χ0) is 12.1. The van der Waals surface area contributed by atoms with Crippen LogP contribution in [0.25, 0.3) is 0 Å². The number of likely N-dealkylation sites (tertiary alicyclic amines) is 1. The maximum Gasteiger partial charge on any atom is 0.0940 e. The van der Waals surface area contributed by atoms with E-state index in [9.17, 15) is 0 Å². The molecule has 1 aromatic heterocycles. The molecule has 0 spiro atoms. The highest BCUT2D eigenvalue weighted by Gasteiger charge is 2.17. The second-order valence-corrected chi connectivity index (χ2v) is 6.08. The van der Waals surface area contributed by atoms with Crippen molar-refractivity contribution in [3.05, 3.63) is 16.1 Å². The average molecular weight is 253 g/mol. The third-order valence-corrected chi connectivity index (χ3v) is 4.56. The molecule has 4 heteroatoms. The van der Waals surface area contributed by atoms with Crippen LogP contribution < -0.4 is 5.32 Å². The van der Waals surface area contributed by atoms with Crippen LogP contribution >= 0.6 is 11.3 Å². The number of piperidine rings is 1. The third-order valence-electron chi connectivity index (χ3n) is 3.51. The molecule has 0 bridgehead atoms. The number of thiazole rings is 1. The first-order valence-corrected chi connectivity index (χ1v) is 7.43. The van der Waals surface area contributed by atoms with Crippen LogP contribution in [0.2, 0.25) is 0 Å². The summed E-state index contributed by atoms with van der Waals surface area (Å²) in [5.74, 6) is 0. The average Bonchev–Trinajstić information content (AvgIpc) is 2.76. The summed E-state index contributed by atoms with van der Waals surface area (Å²) in [6.07, 6.45) is 7.26. The molecule has 1 unspecified atom stereocenters. The number of hydrogen-bond donors (Lipinski definition) is 1. The molecular formula is C13H23N3S. The van der Waals surface area contributed by atoms with Crippen molar-refractivity contribution in [1.29, 1.82) is 0 Å². The van der Waals surface area contributed by atoms with Crippen molar-refractivity contribution in [2.24, 2.45) is 0 Å². The predicted molar refractivity (Wildman–Crippen MR) is 73.5 cm³/mol. The first-order valence-electron chi connectivity index (χ1n) is 6.62. The van der Waals surface area contributed by atoms with Gasteiger partial charge in [-0.2, -0.15) is 0 Å². The molecule has 1 aromatic rings. The van der Waals surface area contributed by atoms with Gasteiger partial charge in [0.15, 0.2) is 0 Å². The molecule has 17 heavy (non-hydrogen) atoms. The number of nitrogens with zero attached hydrogens (tertiary/aromatic N) is 2. The SMILES string of the molecule is CNCc1cnc(CCN2CCCCC2C)s1. The molecule has 0 aliphatic carbocycles. The van der Waals surface area contributed by atoms with Crippen molar-refractivity contribution in [1.82, 2.24) is 15.2 Å². The molecule has 96 valence electrons. The smallest absolute Gasteiger partial charge is 0.0940 e. The van der Waals surface area contributed by atoms with E-state index in [1.54, 1.807) is 0 Å². The molecule has 1 aliphatic heterocycles. The topological polar surface area (TPSA) is 28.2 Å². The first kappa shape index (κ1) is 13.0. The van der Waals surface area contributed by atoms with Crippen LogP contribution in [0.4, 0.5) is 0 Å². The Labute approximate surface area is 108 Å². The van der Waals surface area contributed by atoms with Gasteiger partial charge in [0, 0.05) is 36.6 Å². The van der Waals surface area contributed by atoms with Crippen LogP contribution in [-0.2, 0) is 13.0 Å². The molecule has 2 heterocycles. The molecule has 1 fully saturated rings. The summed E-state index contributed by atoms with van der Waals surface area (Å²) in [6, 6.07) is 0.764. The van der Waals surface area contributed by atoms with Gasteiger partial charge in [-0.15, -0.1) is 11.3 Å². The van der Waals surface area contributed by atoms with E-state index < -0.39 is 0 Å². The second-order valence-electron chi connectivity index (χ2n) is 4.88. The van der Waals surface area contributed by atoms with Gasteiger partial charge in [-0.1, -0.05) is 6.42 Å². The Morgan fingerprint density at radius 1 is 1.53 bits per heavy atom. The number of hydrogen-bond acceptors (Lipinski definition) is 4. The van der Waals surface area contributed by atoms with Crippen molar-refractivity contribution in [3.8, 4) is 0 Å². The lowest BCUT2D eigenvalue weighted by molar-refractivity contribution is 0.163. The maximum absolute atomic E-state index is 4.50. The molecule has 1 saturated heterocycles. The van der Waals surface area contributed by atoms with Crippen molar-refractivity contribution in [2.45, 2.75) is 45.2 Å². The number of rotatable bonds is 5. The monoisotopic (exact) mass is 253 g/mol. The van der Waals surface area contributed by atoms with E-state index >= 15 is 0 Å². The van der Waals surface area contributed by atoms with Crippen LogP contribution in [0, 0.1) is 0 Å². The van der Waals surface area contributed by atoms with Crippen LogP contribution in [0.1, 0.15) is 36.1 Å². The summed E-state index contributed by atoms with van der Waals surface area (Å²) < 4.78 is 0. The fourth-order valence-corrected chi connectivity index (χ4v) is 3.37. The summed E-state index contributed by atoms with van der Waals surface area (Å²) in [4.78, 5) is 8.45. The lowest BCUT2D eigenvalue weighted by Gasteiger charge is -2.32. The number of aromatic nitrogens is 1. The normalized spacial score (nSPS) is 21.9. The Morgan fingerprint density at radius 2 is 2.41 bits per heavy atom. The van der Waals surface area contributed by atoms with Gasteiger partial charge >= 0.3 is 0 Å². The second kappa shape index (κ2) is 6.47. The predicted octanol–water partition coefficient (Wildman–Crippen LogP) is 2.28. The number of nitrogens with one attached hydrogen (secondary N) is 1. The quantitative estimate of drug-likeness (QED) is 0.872. The minimum absolute atomic E-state index is 0.764. The van der Waals surface area contributed by atoms with Gasteiger partial charge in [-0.05, 0) is 33.4 Å². The van der Waals surface area contributed by atoms with Gasteiger partial charge in [-0.25, -0.2) is 4.98 Å². The summed E-state index contributed by atoms with van der Waals surface area (Å²) >= 11 is 1.85. The molecular weight excluding hydrogens is 230 g/mol. The van der Waals surface area contributed by atoms with Gasteiger partial charge in [-0.3, -0.25) is 0 Å². The van der Waals surface area contributed by atoms with E-state index in [-0.39, 0.29) is 0 Å². The van der Waals surface area contributed by atoms with Crippen molar-refractivity contribution in [3.63, 3.8) is 0 Å². The highest BCUT2D eigenvalue weighted by molar-refractivity contribution is 7.11. The summed E-state index contributed by atoms with van der Waals surface area (Å²) in [5.41, 5.74) is 0. The Bertz CT molecular complexity index is 337. The fourth-order valence-electron chi connectivity index (χ4n) is 2.45. The Morgan fingerprint density at radius 3 is 3.18 bits per heavy atom. The van der Waals surface area contributed by atoms with E-state index in [1.165, 1.54) is 42.2 Å². The van der Waals surface area contributed by atoms with E-state index in [4.69, 9.17) is 0 Å². The third kappa shape index (κ3) is 3.76. The highest BCUT2D eigenvalue weighted by Crippen LogP contribution is 2.18. The molecule has 0 saturated carbocycles. The molecule has 0 aromatic carbocycles. The van der Waals surface area contributed by atoms with Gasteiger partial charge in [0.25, 0.3) is 0 Å². The Kier molecular flexibility index (Phi) is 4.95. The highest BCUT2D eigenvalue weighted by atomic mass is 32.1. The molecule has 1 atom stereocenters. The van der Waals surface area contributed by atoms with Crippen molar-refractivity contribution < 1.29 is 0 Å². The largest absolute Gasteiger partial charge is 0.315 e. The summed E-state index contributed by atoms with van der Waals surface area (Å²) in [7, 11) is 1.98. The molecule has 1 N–H and O–H groups in total. The standard InChI is InChI=1S/C13H23N3S/c1-11-5-3-4-7-16(11)8-6-13-15-10-12(17-13)9-14-2/h10-11,14H,3-9H2,1-2H3. The zero-order valence-corrected chi connectivity index (χ0v) is 11.7. The fraction of sp³-hybridized carbons (Fsp3) is 0.769. The summed E-state index contributed by atoms with van der Waals surface area (Å²) in [6.45, 7) is 5.74. The van der Waals surface area contributed by atoms with E-state index in [1.807, 2.05) is 24.6 Å². The van der Waals surface area contributed by atoms with E-state index in [0.717, 1.165) is 19.0 Å². The van der Waals surface area contributed by atoms with Crippen LogP contribution in [0.5, 0.6) is 0 Å². The van der Waals surface area contributed by atoms with Gasteiger partial charge in [0.1, 0.15) is 0 Å². The maximum atomic E-state index is 4.50. The molecule has 0 radical (unpaired) electrons. The van der Waals surface area contributed by atoms with Crippen LogP contribution in [0.15, 0.2) is 6.20 Å². The van der Waals surface area contributed by atoms with Crippen molar-refractivity contribution in [2.75, 3.05) is 20.1 Å². The first-order chi connectivity index (χ1) is 8.29. The lowest BCUT2D eigenvalue weighted by atomic mass is 10.0. The molecule has 2 rings (SSSR count). The van der Waals surface area contributed by atoms with Gasteiger partial charge in [0.05, 0.1) is 5.01 Å². The minimum atomic E-state index is 0.764. The van der Waals surface area contributed by atoms with Gasteiger partial charge < -0.3 is 10.2 Å². The minimum Gasteiger partial charge on any atom is -0.315 e. The summed E-state index contributed by atoms with van der Waals surface area (Å²) in [5, 5.41) is 4.46.